The number of likely N-dealkylation sites (N-methyl/N-ethyl adjacent to an activating group) is 1. The first-order valence-electron chi connectivity index (χ1n) is 7.88. The van der Waals surface area contributed by atoms with E-state index in [4.69, 9.17) is 4.74 Å². The third-order valence-electron chi connectivity index (χ3n) is 3.67. The Morgan fingerprint density at radius 2 is 1.92 bits per heavy atom. The lowest BCUT2D eigenvalue weighted by molar-refractivity contribution is -0.116. The van der Waals surface area contributed by atoms with Gasteiger partial charge in [-0.05, 0) is 38.1 Å². The molecule has 1 heterocycles. The van der Waals surface area contributed by atoms with Gasteiger partial charge in [0.25, 0.3) is 11.5 Å². The fourth-order valence-corrected chi connectivity index (χ4v) is 2.35. The normalized spacial score (nSPS) is 10.2. The summed E-state index contributed by atoms with van der Waals surface area (Å²) in [5, 5.41) is 2.71. The van der Waals surface area contributed by atoms with Gasteiger partial charge in [-0.3, -0.25) is 14.4 Å². The van der Waals surface area contributed by atoms with E-state index in [1.165, 1.54) is 18.1 Å². The van der Waals surface area contributed by atoms with Crippen LogP contribution in [0, 0.1) is 6.92 Å². The first kappa shape index (κ1) is 18.3. The second kappa shape index (κ2) is 8.14. The number of H-pyrrole nitrogens is 1. The maximum Gasteiger partial charge on any atom is 0.260 e. The highest BCUT2D eigenvalue weighted by molar-refractivity contribution is 5.99. The third kappa shape index (κ3) is 4.47. The van der Waals surface area contributed by atoms with Gasteiger partial charge in [-0.25, -0.2) is 0 Å². The standard InChI is InChI=1S/C18H21N3O4/c1-4-21(18(24)13-10-9-12(2)19-17(13)23)11-16(22)20-14-7-5-6-8-15(14)25-3/h5-10H,4,11H2,1-3H3,(H,19,23)(H,20,22). The molecule has 0 saturated carbocycles. The van der Waals surface area contributed by atoms with Crippen LogP contribution in [-0.2, 0) is 4.79 Å². The molecule has 2 aromatic rings. The van der Waals surface area contributed by atoms with Gasteiger partial charge < -0.3 is 19.9 Å². The molecule has 2 amide bonds. The minimum absolute atomic E-state index is 0.0116. The number of hydrogen-bond donors (Lipinski definition) is 2. The Hall–Kier alpha value is -3.09. The van der Waals surface area contributed by atoms with Crippen LogP contribution in [0.2, 0.25) is 0 Å². The second-order valence-electron chi connectivity index (χ2n) is 5.45. The van der Waals surface area contributed by atoms with Gasteiger partial charge in [0, 0.05) is 12.2 Å². The summed E-state index contributed by atoms with van der Waals surface area (Å²) in [4.78, 5) is 40.6. The largest absolute Gasteiger partial charge is 0.495 e. The Labute approximate surface area is 145 Å². The van der Waals surface area contributed by atoms with Crippen molar-refractivity contribution >= 4 is 17.5 Å². The van der Waals surface area contributed by atoms with Gasteiger partial charge in [-0.2, -0.15) is 0 Å². The van der Waals surface area contributed by atoms with Gasteiger partial charge in [0.2, 0.25) is 5.91 Å². The molecule has 0 spiro atoms. The number of rotatable bonds is 6. The minimum atomic E-state index is -0.487. The molecule has 0 atom stereocenters. The van der Waals surface area contributed by atoms with E-state index in [1.807, 2.05) is 0 Å². The lowest BCUT2D eigenvalue weighted by Gasteiger charge is -2.20. The van der Waals surface area contributed by atoms with Crippen LogP contribution >= 0.6 is 0 Å². The number of aryl methyl sites for hydroxylation is 1. The van der Waals surface area contributed by atoms with Crippen LogP contribution in [0.1, 0.15) is 23.0 Å². The average Bonchev–Trinajstić information content (AvgIpc) is 2.59. The van der Waals surface area contributed by atoms with Crippen molar-refractivity contribution < 1.29 is 14.3 Å². The number of hydrogen-bond acceptors (Lipinski definition) is 4. The Morgan fingerprint density at radius 3 is 2.56 bits per heavy atom. The summed E-state index contributed by atoms with van der Waals surface area (Å²) in [5.74, 6) is -0.331. The van der Waals surface area contributed by atoms with Gasteiger partial charge in [-0.15, -0.1) is 0 Å². The van der Waals surface area contributed by atoms with E-state index >= 15 is 0 Å². The number of nitrogens with one attached hydrogen (secondary N) is 2. The molecule has 25 heavy (non-hydrogen) atoms. The number of pyridine rings is 1. The molecule has 2 N–H and O–H groups in total. The van der Waals surface area contributed by atoms with Crippen molar-refractivity contribution in [1.82, 2.24) is 9.88 Å². The van der Waals surface area contributed by atoms with Crippen molar-refractivity contribution in [2.24, 2.45) is 0 Å². The zero-order chi connectivity index (χ0) is 18.4. The SMILES string of the molecule is CCN(CC(=O)Nc1ccccc1OC)C(=O)c1ccc(C)[nH]c1=O. The first-order chi connectivity index (χ1) is 12.0. The number of anilines is 1. The van der Waals surface area contributed by atoms with Crippen LogP contribution in [0.4, 0.5) is 5.69 Å². The fourth-order valence-electron chi connectivity index (χ4n) is 2.35. The van der Waals surface area contributed by atoms with Crippen molar-refractivity contribution in [2.45, 2.75) is 13.8 Å². The van der Waals surface area contributed by atoms with Crippen molar-refractivity contribution in [3.05, 3.63) is 58.0 Å². The van der Waals surface area contributed by atoms with Crippen LogP contribution in [0.3, 0.4) is 0 Å². The average molecular weight is 343 g/mol. The van der Waals surface area contributed by atoms with E-state index in [0.717, 1.165) is 0 Å². The van der Waals surface area contributed by atoms with Crippen LogP contribution in [-0.4, -0.2) is 41.9 Å². The number of methoxy groups -OCH3 is 1. The highest BCUT2D eigenvalue weighted by Crippen LogP contribution is 2.22. The van der Waals surface area contributed by atoms with Gasteiger partial charge in [0.15, 0.2) is 0 Å². The molecular formula is C18H21N3O4. The van der Waals surface area contributed by atoms with Crippen LogP contribution in [0.25, 0.3) is 0 Å². The summed E-state index contributed by atoms with van der Waals surface area (Å²) in [6.07, 6.45) is 0. The lowest BCUT2D eigenvalue weighted by Crippen LogP contribution is -2.40. The van der Waals surface area contributed by atoms with Crippen LogP contribution in [0.15, 0.2) is 41.2 Å². The second-order valence-corrected chi connectivity index (χ2v) is 5.45. The van der Waals surface area contributed by atoms with Crippen LogP contribution in [0.5, 0.6) is 5.75 Å². The number of carbonyl (C=O) groups excluding carboxylic acids is 2. The van der Waals surface area contributed by atoms with E-state index < -0.39 is 11.5 Å². The predicted molar refractivity (Wildman–Crippen MR) is 95.0 cm³/mol. The zero-order valence-corrected chi connectivity index (χ0v) is 14.5. The Balaban J connectivity index is 2.11. The van der Waals surface area contributed by atoms with Crippen LogP contribution < -0.4 is 15.6 Å². The summed E-state index contributed by atoms with van der Waals surface area (Å²) in [6, 6.07) is 10.1. The quantitative estimate of drug-likeness (QED) is 0.836. The van der Waals surface area contributed by atoms with Gasteiger partial charge in [0.05, 0.1) is 12.8 Å². The first-order valence-corrected chi connectivity index (χ1v) is 7.88. The maximum atomic E-state index is 12.5. The highest BCUT2D eigenvalue weighted by Gasteiger charge is 2.20. The minimum Gasteiger partial charge on any atom is -0.495 e. The molecule has 0 fully saturated rings. The summed E-state index contributed by atoms with van der Waals surface area (Å²) >= 11 is 0. The molecule has 0 aliphatic rings. The topological polar surface area (TPSA) is 91.5 Å². The van der Waals surface area contributed by atoms with Gasteiger partial charge in [-0.1, -0.05) is 12.1 Å². The molecule has 0 aliphatic carbocycles. The summed E-state index contributed by atoms with van der Waals surface area (Å²) < 4.78 is 5.18. The zero-order valence-electron chi connectivity index (χ0n) is 14.5. The molecule has 0 aliphatic heterocycles. The number of aromatic amines is 1. The summed E-state index contributed by atoms with van der Waals surface area (Å²) in [5.41, 5.74) is 0.733. The number of ether oxygens (including phenoxy) is 1. The molecule has 0 bridgehead atoms. The third-order valence-corrected chi connectivity index (χ3v) is 3.67. The molecule has 7 heteroatoms. The molecule has 0 radical (unpaired) electrons. The summed E-state index contributed by atoms with van der Waals surface area (Å²) in [6.45, 7) is 3.61. The highest BCUT2D eigenvalue weighted by atomic mass is 16.5. The molecular weight excluding hydrogens is 322 g/mol. The van der Waals surface area contributed by atoms with E-state index in [-0.39, 0.29) is 18.0 Å². The number of para-hydroxylation sites is 2. The van der Waals surface area contributed by atoms with E-state index in [1.54, 1.807) is 44.2 Å². The number of aromatic nitrogens is 1. The van der Waals surface area contributed by atoms with E-state index in [9.17, 15) is 14.4 Å². The Kier molecular flexibility index (Phi) is 5.94. The molecule has 1 aromatic carbocycles. The Bertz CT molecular complexity index is 829. The number of amides is 2. The monoisotopic (exact) mass is 343 g/mol. The van der Waals surface area contributed by atoms with Gasteiger partial charge in [0.1, 0.15) is 17.9 Å². The fraction of sp³-hybridized carbons (Fsp3) is 0.278. The number of carbonyl (C=O) groups is 2. The maximum absolute atomic E-state index is 12.5. The number of benzene rings is 1. The summed E-state index contributed by atoms with van der Waals surface area (Å²) in [7, 11) is 1.51. The molecule has 2 rings (SSSR count). The predicted octanol–water partition coefficient (Wildman–Crippen LogP) is 1.79. The van der Waals surface area contributed by atoms with Crippen molar-refractivity contribution in [1.29, 1.82) is 0 Å². The molecule has 7 nitrogen and oxygen atoms in total. The van der Waals surface area contributed by atoms with E-state index in [2.05, 4.69) is 10.3 Å². The smallest absolute Gasteiger partial charge is 0.260 e. The molecule has 0 saturated heterocycles. The number of nitrogens with zero attached hydrogens (tertiary/aromatic N) is 1. The van der Waals surface area contributed by atoms with Crippen molar-refractivity contribution in [3.8, 4) is 5.75 Å². The Morgan fingerprint density at radius 1 is 1.20 bits per heavy atom. The van der Waals surface area contributed by atoms with E-state index in [0.29, 0.717) is 23.7 Å². The van der Waals surface area contributed by atoms with Crippen molar-refractivity contribution in [2.75, 3.05) is 25.5 Å². The molecule has 1 aromatic heterocycles. The van der Waals surface area contributed by atoms with Gasteiger partial charge >= 0.3 is 0 Å². The van der Waals surface area contributed by atoms with Crippen molar-refractivity contribution in [3.63, 3.8) is 0 Å². The molecule has 132 valence electrons. The molecule has 0 unspecified atom stereocenters. The lowest BCUT2D eigenvalue weighted by atomic mass is 10.2.